The number of esters is 1. The Morgan fingerprint density at radius 1 is 1.15 bits per heavy atom. The average Bonchev–Trinajstić information content (AvgIpc) is 3.35. The fourth-order valence-corrected chi connectivity index (χ4v) is 4.66. The zero-order valence-electron chi connectivity index (χ0n) is 19.0. The van der Waals surface area contributed by atoms with Gasteiger partial charge in [0, 0.05) is 23.3 Å². The Morgan fingerprint density at radius 2 is 1.97 bits per heavy atom. The van der Waals surface area contributed by atoms with Crippen LogP contribution in [0.3, 0.4) is 0 Å². The molecular weight excluding hydrogens is 438 g/mol. The number of aromatic nitrogens is 2. The molecule has 0 unspecified atom stereocenters. The summed E-state index contributed by atoms with van der Waals surface area (Å²) in [7, 11) is 0. The zero-order valence-corrected chi connectivity index (χ0v) is 19.8. The number of nitrogens with zero attached hydrogens (tertiary/aromatic N) is 2. The van der Waals surface area contributed by atoms with Crippen molar-refractivity contribution in [3.05, 3.63) is 70.5 Å². The summed E-state index contributed by atoms with van der Waals surface area (Å²) in [5.41, 5.74) is 5.70. The van der Waals surface area contributed by atoms with E-state index >= 15 is 0 Å². The van der Waals surface area contributed by atoms with E-state index in [1.54, 1.807) is 13.0 Å². The predicted octanol–water partition coefficient (Wildman–Crippen LogP) is 5.18. The lowest BCUT2D eigenvalue weighted by atomic mass is 9.97. The maximum atomic E-state index is 12.8. The summed E-state index contributed by atoms with van der Waals surface area (Å²) in [6.45, 7) is 7.69. The van der Waals surface area contributed by atoms with Crippen LogP contribution in [0.25, 0.3) is 16.8 Å². The fourth-order valence-electron chi connectivity index (χ4n) is 3.70. The lowest BCUT2D eigenvalue weighted by molar-refractivity contribution is -0.118. The van der Waals surface area contributed by atoms with Crippen LogP contribution in [0.5, 0.6) is 5.75 Å². The van der Waals surface area contributed by atoms with Gasteiger partial charge in [0.15, 0.2) is 18.0 Å². The number of aryl methyl sites for hydroxylation is 3. The smallest absolute Gasteiger partial charge is 0.341 e. The normalized spacial score (nSPS) is 10.9. The second-order valence-corrected chi connectivity index (χ2v) is 8.59. The van der Waals surface area contributed by atoms with Gasteiger partial charge in [0.1, 0.15) is 10.6 Å². The molecule has 0 radical (unpaired) electrons. The van der Waals surface area contributed by atoms with Crippen molar-refractivity contribution in [1.82, 2.24) is 9.38 Å². The van der Waals surface area contributed by atoms with E-state index in [0.29, 0.717) is 22.0 Å². The van der Waals surface area contributed by atoms with E-state index in [-0.39, 0.29) is 19.1 Å². The van der Waals surface area contributed by atoms with E-state index in [9.17, 15) is 9.59 Å². The van der Waals surface area contributed by atoms with Crippen molar-refractivity contribution < 1.29 is 19.1 Å². The summed E-state index contributed by atoms with van der Waals surface area (Å²) in [5.74, 6) is -0.337. The van der Waals surface area contributed by atoms with Gasteiger partial charge in [-0.15, -0.1) is 11.3 Å². The number of rotatable bonds is 7. The molecule has 0 aliphatic carbocycles. The van der Waals surface area contributed by atoms with Gasteiger partial charge in [0.25, 0.3) is 5.91 Å². The van der Waals surface area contributed by atoms with Crippen LogP contribution in [0.15, 0.2) is 48.1 Å². The quantitative estimate of drug-likeness (QED) is 0.382. The largest absolute Gasteiger partial charge is 0.480 e. The van der Waals surface area contributed by atoms with Gasteiger partial charge in [-0.1, -0.05) is 23.8 Å². The Balaban J connectivity index is 1.57. The Morgan fingerprint density at radius 3 is 2.73 bits per heavy atom. The molecule has 3 heterocycles. The van der Waals surface area contributed by atoms with Crippen LogP contribution in [-0.2, 0) is 9.53 Å². The molecule has 0 fully saturated rings. The third-order valence-corrected chi connectivity index (χ3v) is 6.02. The van der Waals surface area contributed by atoms with Gasteiger partial charge < -0.3 is 19.2 Å². The molecule has 4 rings (SSSR count). The number of nitrogens with one attached hydrogen (secondary N) is 1. The molecule has 4 aromatic rings. The van der Waals surface area contributed by atoms with Gasteiger partial charge in [-0.2, -0.15) is 0 Å². The Hall–Kier alpha value is -3.65. The molecule has 0 aliphatic heterocycles. The van der Waals surface area contributed by atoms with Crippen molar-refractivity contribution in [2.75, 3.05) is 18.5 Å². The lowest BCUT2D eigenvalue weighted by Crippen LogP contribution is -2.21. The van der Waals surface area contributed by atoms with E-state index in [1.165, 1.54) is 11.3 Å². The van der Waals surface area contributed by atoms with Gasteiger partial charge in [-0.3, -0.25) is 4.79 Å². The highest BCUT2D eigenvalue weighted by molar-refractivity contribution is 7.15. The first-order valence-corrected chi connectivity index (χ1v) is 11.5. The molecule has 1 amide bonds. The molecule has 0 atom stereocenters. The molecular formula is C25H25N3O4S. The summed E-state index contributed by atoms with van der Waals surface area (Å²) >= 11 is 1.29. The fraction of sp³-hybridized carbons (Fsp3) is 0.240. The third kappa shape index (κ3) is 4.75. The topological polar surface area (TPSA) is 81.9 Å². The molecule has 0 saturated heterocycles. The van der Waals surface area contributed by atoms with Crippen LogP contribution in [0.2, 0.25) is 0 Å². The number of hydrogen-bond donors (Lipinski definition) is 1. The summed E-state index contributed by atoms with van der Waals surface area (Å²) < 4.78 is 12.9. The first-order chi connectivity index (χ1) is 15.9. The number of benzene rings is 1. The van der Waals surface area contributed by atoms with E-state index in [4.69, 9.17) is 9.47 Å². The summed E-state index contributed by atoms with van der Waals surface area (Å²) in [5, 5.41) is 5.13. The molecule has 1 aromatic carbocycles. The van der Waals surface area contributed by atoms with E-state index in [1.807, 2.05) is 61.1 Å². The number of hydrogen-bond acceptors (Lipinski definition) is 6. The predicted molar refractivity (Wildman–Crippen MR) is 129 cm³/mol. The highest BCUT2D eigenvalue weighted by atomic mass is 32.1. The number of ether oxygens (including phenoxy) is 2. The van der Waals surface area contributed by atoms with Gasteiger partial charge >= 0.3 is 5.97 Å². The van der Waals surface area contributed by atoms with Gasteiger partial charge in [0.2, 0.25) is 0 Å². The first kappa shape index (κ1) is 22.5. The number of carbonyl (C=O) groups excluding carboxylic acids is 2. The van der Waals surface area contributed by atoms with Crippen LogP contribution in [0.4, 0.5) is 5.00 Å². The second-order valence-electron chi connectivity index (χ2n) is 7.71. The van der Waals surface area contributed by atoms with E-state index < -0.39 is 5.97 Å². The molecule has 1 N–H and O–H groups in total. The molecule has 8 heteroatoms. The Bertz CT molecular complexity index is 1340. The molecule has 3 aromatic heterocycles. The van der Waals surface area contributed by atoms with Crippen LogP contribution in [0.1, 0.15) is 34.1 Å². The molecule has 0 bridgehead atoms. The number of pyridine rings is 1. The van der Waals surface area contributed by atoms with Crippen LogP contribution in [-0.4, -0.2) is 34.5 Å². The Labute approximate surface area is 196 Å². The molecule has 7 nitrogen and oxygen atoms in total. The summed E-state index contributed by atoms with van der Waals surface area (Å²) in [6, 6.07) is 9.64. The maximum absolute atomic E-state index is 12.8. The minimum Gasteiger partial charge on any atom is -0.480 e. The first-order valence-electron chi connectivity index (χ1n) is 10.6. The van der Waals surface area contributed by atoms with Crippen LogP contribution in [0, 0.1) is 20.8 Å². The van der Waals surface area contributed by atoms with Crippen molar-refractivity contribution in [1.29, 1.82) is 0 Å². The Kier molecular flexibility index (Phi) is 6.46. The van der Waals surface area contributed by atoms with Gasteiger partial charge in [-0.25, -0.2) is 9.78 Å². The van der Waals surface area contributed by atoms with E-state index in [0.717, 1.165) is 27.9 Å². The second kappa shape index (κ2) is 9.46. The van der Waals surface area contributed by atoms with Gasteiger partial charge in [0.05, 0.1) is 12.3 Å². The zero-order chi connectivity index (χ0) is 23.5. The lowest BCUT2D eigenvalue weighted by Gasteiger charge is -2.11. The van der Waals surface area contributed by atoms with E-state index in [2.05, 4.69) is 16.4 Å². The van der Waals surface area contributed by atoms with Crippen LogP contribution < -0.4 is 10.1 Å². The monoisotopic (exact) mass is 463 g/mol. The minimum absolute atomic E-state index is 0.218. The number of carbonyl (C=O) groups is 2. The van der Waals surface area contributed by atoms with Crippen molar-refractivity contribution in [3.63, 3.8) is 0 Å². The standard InChI is InChI=1S/C25H25N3O4S/c1-5-31-25(30)22-19(18-9-8-15(2)11-16(18)3)14-33-24(22)27-21(29)13-32-20-7-6-10-28-12-17(4)26-23(20)28/h6-12,14H,5,13H2,1-4H3,(H,27,29). The van der Waals surface area contributed by atoms with Crippen molar-refractivity contribution >= 4 is 33.9 Å². The maximum Gasteiger partial charge on any atom is 0.341 e. The minimum atomic E-state index is -0.470. The van der Waals surface area contributed by atoms with Crippen LogP contribution >= 0.6 is 11.3 Å². The SMILES string of the molecule is CCOC(=O)c1c(-c2ccc(C)cc2C)csc1NC(=O)COc1cccn2cc(C)nc12. The third-order valence-electron chi connectivity index (χ3n) is 5.12. The van der Waals surface area contributed by atoms with Crippen molar-refractivity contribution in [2.24, 2.45) is 0 Å². The molecule has 33 heavy (non-hydrogen) atoms. The molecule has 0 spiro atoms. The molecule has 170 valence electrons. The van der Waals surface area contributed by atoms with Gasteiger partial charge in [-0.05, 0) is 51.0 Å². The number of thiophene rings is 1. The number of anilines is 1. The number of amides is 1. The summed E-state index contributed by atoms with van der Waals surface area (Å²) in [6.07, 6.45) is 3.75. The number of imidazole rings is 1. The summed E-state index contributed by atoms with van der Waals surface area (Å²) in [4.78, 5) is 29.9. The number of fused-ring (bicyclic) bond motifs is 1. The average molecular weight is 464 g/mol. The van der Waals surface area contributed by atoms with Crippen molar-refractivity contribution in [3.8, 4) is 16.9 Å². The molecule has 0 saturated carbocycles. The highest BCUT2D eigenvalue weighted by Crippen LogP contribution is 2.38. The molecule has 0 aliphatic rings. The van der Waals surface area contributed by atoms with Crippen molar-refractivity contribution in [2.45, 2.75) is 27.7 Å². The highest BCUT2D eigenvalue weighted by Gasteiger charge is 2.24.